The highest BCUT2D eigenvalue weighted by Gasteiger charge is 2.32. The summed E-state index contributed by atoms with van der Waals surface area (Å²) in [7, 11) is 1.64. The second-order valence-electron chi connectivity index (χ2n) is 6.80. The van der Waals surface area contributed by atoms with Crippen LogP contribution in [-0.4, -0.2) is 36.1 Å². The van der Waals surface area contributed by atoms with Gasteiger partial charge in [-0.25, -0.2) is 0 Å². The van der Waals surface area contributed by atoms with Crippen LogP contribution in [0.3, 0.4) is 0 Å². The predicted octanol–water partition coefficient (Wildman–Crippen LogP) is 3.87. The van der Waals surface area contributed by atoms with Gasteiger partial charge in [-0.2, -0.15) is 0 Å². The molecule has 1 aromatic heterocycles. The molecule has 1 aliphatic rings. The van der Waals surface area contributed by atoms with E-state index in [1.165, 1.54) is 0 Å². The molecular formula is C23H23N3O3. The van der Waals surface area contributed by atoms with Gasteiger partial charge >= 0.3 is 0 Å². The summed E-state index contributed by atoms with van der Waals surface area (Å²) < 4.78 is 11.1. The Kier molecular flexibility index (Phi) is 5.72. The quantitative estimate of drug-likeness (QED) is 0.665. The predicted molar refractivity (Wildman–Crippen MR) is 111 cm³/mol. The Morgan fingerprint density at radius 2 is 1.90 bits per heavy atom. The molecule has 1 atom stereocenters. The molecule has 2 aromatic carbocycles. The van der Waals surface area contributed by atoms with Crippen molar-refractivity contribution in [2.45, 2.75) is 12.8 Å². The molecule has 0 saturated carbocycles. The fraction of sp³-hybridized carbons (Fsp3) is 0.217. The molecule has 4 rings (SSSR count). The lowest BCUT2D eigenvalue weighted by molar-refractivity contribution is 0.0609. The zero-order valence-electron chi connectivity index (χ0n) is 16.2. The average molecular weight is 389 g/mol. The summed E-state index contributed by atoms with van der Waals surface area (Å²) >= 11 is 0. The number of para-hydroxylation sites is 1. The molecule has 0 radical (unpaired) electrons. The minimum absolute atomic E-state index is 0.00157. The summed E-state index contributed by atoms with van der Waals surface area (Å²) in [6.45, 7) is 1.43. The number of nitrogens with one attached hydrogen (secondary N) is 1. The van der Waals surface area contributed by atoms with E-state index in [2.05, 4.69) is 10.3 Å². The van der Waals surface area contributed by atoms with Crippen molar-refractivity contribution in [2.75, 3.05) is 25.6 Å². The molecule has 6 nitrogen and oxygen atoms in total. The van der Waals surface area contributed by atoms with Crippen LogP contribution in [0.5, 0.6) is 5.75 Å². The number of amides is 1. The molecule has 6 heteroatoms. The van der Waals surface area contributed by atoms with Crippen LogP contribution in [0, 0.1) is 0 Å². The molecule has 3 aromatic rings. The topological polar surface area (TPSA) is 63.7 Å². The van der Waals surface area contributed by atoms with Crippen LogP contribution in [-0.2, 0) is 11.3 Å². The fourth-order valence-corrected chi connectivity index (χ4v) is 3.37. The van der Waals surface area contributed by atoms with E-state index in [4.69, 9.17) is 9.47 Å². The van der Waals surface area contributed by atoms with E-state index in [9.17, 15) is 4.79 Å². The largest absolute Gasteiger partial charge is 0.489 e. The smallest absolute Gasteiger partial charge is 0.257 e. The highest BCUT2D eigenvalue weighted by Crippen LogP contribution is 2.33. The van der Waals surface area contributed by atoms with Crippen LogP contribution >= 0.6 is 0 Å². The summed E-state index contributed by atoms with van der Waals surface area (Å²) in [5.41, 5.74) is 3.51. The van der Waals surface area contributed by atoms with Crippen molar-refractivity contribution in [3.05, 3.63) is 89.7 Å². The van der Waals surface area contributed by atoms with E-state index < -0.39 is 0 Å². The highest BCUT2D eigenvalue weighted by molar-refractivity contribution is 6.01. The third-order valence-corrected chi connectivity index (χ3v) is 4.88. The standard InChI is InChI=1S/C23H23N3O3/c1-28-14-13-26-22(25-21-7-3-2-6-20(21)23(26)27)18-8-10-19(11-9-18)29-16-17-5-4-12-24-15-17/h2-12,15,22,25H,13-14,16H2,1H3/t22-/m0/s1. The minimum atomic E-state index is -0.264. The normalized spacial score (nSPS) is 15.6. The first-order valence-electron chi connectivity index (χ1n) is 9.53. The summed E-state index contributed by atoms with van der Waals surface area (Å²) in [5.74, 6) is 0.766. The van der Waals surface area contributed by atoms with Crippen LogP contribution in [0.15, 0.2) is 73.1 Å². The number of nitrogens with zero attached hydrogens (tertiary/aromatic N) is 2. The number of fused-ring (bicyclic) bond motifs is 1. The number of hydrogen-bond donors (Lipinski definition) is 1. The number of carbonyl (C=O) groups is 1. The van der Waals surface area contributed by atoms with Gasteiger partial charge in [0.15, 0.2) is 0 Å². The van der Waals surface area contributed by atoms with Crippen LogP contribution in [0.4, 0.5) is 5.69 Å². The third-order valence-electron chi connectivity index (χ3n) is 4.88. The Morgan fingerprint density at radius 3 is 2.66 bits per heavy atom. The lowest BCUT2D eigenvalue weighted by Crippen LogP contribution is -2.44. The lowest BCUT2D eigenvalue weighted by atomic mass is 10.0. The molecule has 0 fully saturated rings. The van der Waals surface area contributed by atoms with Crippen LogP contribution in [0.1, 0.15) is 27.7 Å². The third kappa shape index (κ3) is 4.22. The maximum Gasteiger partial charge on any atom is 0.257 e. The van der Waals surface area contributed by atoms with E-state index >= 15 is 0 Å². The lowest BCUT2D eigenvalue weighted by Gasteiger charge is -2.38. The number of methoxy groups -OCH3 is 1. The van der Waals surface area contributed by atoms with Gasteiger partial charge in [0.2, 0.25) is 0 Å². The van der Waals surface area contributed by atoms with Crippen molar-refractivity contribution in [1.29, 1.82) is 0 Å². The fourth-order valence-electron chi connectivity index (χ4n) is 3.37. The first kappa shape index (κ1) is 19.0. The van der Waals surface area contributed by atoms with Gasteiger partial charge in [-0.05, 0) is 35.9 Å². The van der Waals surface area contributed by atoms with Gasteiger partial charge in [-0.15, -0.1) is 0 Å². The second kappa shape index (κ2) is 8.75. The van der Waals surface area contributed by atoms with Crippen molar-refractivity contribution >= 4 is 11.6 Å². The summed E-state index contributed by atoms with van der Waals surface area (Å²) in [6.07, 6.45) is 3.27. The molecule has 0 bridgehead atoms. The van der Waals surface area contributed by atoms with Crippen LogP contribution in [0.25, 0.3) is 0 Å². The Hall–Kier alpha value is -3.38. The number of ether oxygens (including phenoxy) is 2. The van der Waals surface area contributed by atoms with Gasteiger partial charge in [0, 0.05) is 37.3 Å². The van der Waals surface area contributed by atoms with Crippen molar-refractivity contribution in [1.82, 2.24) is 9.88 Å². The SMILES string of the molecule is COCCN1C(=O)c2ccccc2N[C@@H]1c1ccc(OCc2cccnc2)cc1. The first-order valence-corrected chi connectivity index (χ1v) is 9.53. The van der Waals surface area contributed by atoms with Crippen molar-refractivity contribution < 1.29 is 14.3 Å². The van der Waals surface area contributed by atoms with Gasteiger partial charge in [0.1, 0.15) is 18.5 Å². The van der Waals surface area contributed by atoms with Gasteiger partial charge in [-0.3, -0.25) is 9.78 Å². The zero-order valence-corrected chi connectivity index (χ0v) is 16.2. The molecule has 1 N–H and O–H groups in total. The number of aromatic nitrogens is 1. The molecule has 0 aliphatic carbocycles. The van der Waals surface area contributed by atoms with Crippen LogP contribution < -0.4 is 10.1 Å². The van der Waals surface area contributed by atoms with Gasteiger partial charge in [0.25, 0.3) is 5.91 Å². The number of hydrogen-bond acceptors (Lipinski definition) is 5. The van der Waals surface area contributed by atoms with E-state index in [-0.39, 0.29) is 12.1 Å². The first-order chi connectivity index (χ1) is 14.3. The van der Waals surface area contributed by atoms with Crippen molar-refractivity contribution in [3.8, 4) is 5.75 Å². The zero-order chi connectivity index (χ0) is 20.1. The number of benzene rings is 2. The Bertz CT molecular complexity index is 961. The molecule has 1 amide bonds. The summed E-state index contributed by atoms with van der Waals surface area (Å²) in [6, 6.07) is 19.3. The molecular weight excluding hydrogens is 366 g/mol. The maximum absolute atomic E-state index is 13.0. The summed E-state index contributed by atoms with van der Waals surface area (Å²) in [5, 5.41) is 3.48. The second-order valence-corrected chi connectivity index (χ2v) is 6.80. The molecule has 2 heterocycles. The number of rotatable bonds is 7. The number of carbonyl (C=O) groups excluding carboxylic acids is 1. The Balaban J connectivity index is 1.53. The molecule has 148 valence electrons. The average Bonchev–Trinajstić information content (AvgIpc) is 2.78. The summed E-state index contributed by atoms with van der Waals surface area (Å²) in [4.78, 5) is 18.9. The monoisotopic (exact) mass is 389 g/mol. The number of pyridine rings is 1. The maximum atomic E-state index is 13.0. The van der Waals surface area contributed by atoms with Gasteiger partial charge in [-0.1, -0.05) is 30.3 Å². The molecule has 0 unspecified atom stereocenters. The van der Waals surface area contributed by atoms with E-state index in [0.29, 0.717) is 25.3 Å². The molecule has 1 aliphatic heterocycles. The molecule has 29 heavy (non-hydrogen) atoms. The van der Waals surface area contributed by atoms with E-state index in [0.717, 1.165) is 22.6 Å². The van der Waals surface area contributed by atoms with Crippen LogP contribution in [0.2, 0.25) is 0 Å². The van der Waals surface area contributed by atoms with Gasteiger partial charge in [0.05, 0.1) is 12.2 Å². The van der Waals surface area contributed by atoms with E-state index in [1.807, 2.05) is 60.7 Å². The molecule has 0 spiro atoms. The Morgan fingerprint density at radius 1 is 1.07 bits per heavy atom. The number of anilines is 1. The van der Waals surface area contributed by atoms with E-state index in [1.54, 1.807) is 24.4 Å². The Labute approximate surface area is 170 Å². The van der Waals surface area contributed by atoms with Gasteiger partial charge < -0.3 is 19.7 Å². The van der Waals surface area contributed by atoms with Crippen molar-refractivity contribution in [3.63, 3.8) is 0 Å². The molecule has 0 saturated heterocycles. The van der Waals surface area contributed by atoms with Crippen molar-refractivity contribution in [2.24, 2.45) is 0 Å². The minimum Gasteiger partial charge on any atom is -0.489 e. The highest BCUT2D eigenvalue weighted by atomic mass is 16.5.